The van der Waals surface area contributed by atoms with E-state index >= 15 is 0 Å². The van der Waals surface area contributed by atoms with Gasteiger partial charge in [0.25, 0.3) is 5.91 Å². The molecule has 22 heavy (non-hydrogen) atoms. The Labute approximate surface area is 129 Å². The number of ether oxygens (including phenoxy) is 2. The Kier molecular flexibility index (Phi) is 3.30. The predicted molar refractivity (Wildman–Crippen MR) is 82.9 cm³/mol. The van der Waals surface area contributed by atoms with Gasteiger partial charge in [0.05, 0.1) is 7.11 Å². The van der Waals surface area contributed by atoms with Crippen LogP contribution in [0.25, 0.3) is 10.9 Å². The third-order valence-electron chi connectivity index (χ3n) is 4.70. The Balaban J connectivity index is 1.65. The molecule has 1 atom stereocenters. The summed E-state index contributed by atoms with van der Waals surface area (Å²) in [7, 11) is 1.67. The average Bonchev–Trinajstić information content (AvgIpc) is 3.20. The Morgan fingerprint density at radius 1 is 1.45 bits per heavy atom. The van der Waals surface area contributed by atoms with Gasteiger partial charge in [-0.1, -0.05) is 0 Å². The Hall–Kier alpha value is -2.01. The molecule has 116 valence electrons. The molecule has 3 heterocycles. The summed E-state index contributed by atoms with van der Waals surface area (Å²) in [5.74, 6) is 0.984. The lowest BCUT2D eigenvalue weighted by Gasteiger charge is -2.29. The van der Waals surface area contributed by atoms with Crippen LogP contribution in [-0.4, -0.2) is 42.2 Å². The van der Waals surface area contributed by atoms with Crippen molar-refractivity contribution >= 4 is 16.8 Å². The lowest BCUT2D eigenvalue weighted by molar-refractivity contribution is -0.141. The second kappa shape index (κ2) is 5.32. The maximum Gasteiger partial charge on any atom is 0.252 e. The van der Waals surface area contributed by atoms with Crippen LogP contribution < -0.4 is 4.74 Å². The summed E-state index contributed by atoms with van der Waals surface area (Å²) in [4.78, 5) is 18.0. The van der Waals surface area contributed by atoms with Crippen molar-refractivity contribution in [2.24, 2.45) is 0 Å². The predicted octanol–water partition coefficient (Wildman–Crippen LogP) is 2.24. The number of amides is 1. The number of carbonyl (C=O) groups excluding carboxylic acids is 1. The van der Waals surface area contributed by atoms with Crippen LogP contribution in [0.3, 0.4) is 0 Å². The summed E-state index contributed by atoms with van der Waals surface area (Å²) < 4.78 is 10.9. The first-order valence-electron chi connectivity index (χ1n) is 7.84. The molecular formula is C17H20N2O3. The molecule has 1 amide bonds. The zero-order valence-electron chi connectivity index (χ0n) is 12.7. The van der Waals surface area contributed by atoms with E-state index in [1.54, 1.807) is 7.11 Å². The minimum atomic E-state index is -0.235. The zero-order valence-corrected chi connectivity index (χ0v) is 12.7. The highest BCUT2D eigenvalue weighted by molar-refractivity contribution is 5.88. The zero-order chi connectivity index (χ0) is 15.1. The van der Waals surface area contributed by atoms with E-state index in [9.17, 15) is 4.79 Å². The molecule has 1 fully saturated rings. The molecule has 0 unspecified atom stereocenters. The van der Waals surface area contributed by atoms with E-state index in [1.165, 1.54) is 11.3 Å². The number of benzene rings is 1. The summed E-state index contributed by atoms with van der Waals surface area (Å²) >= 11 is 0. The number of hydrogen-bond acceptors (Lipinski definition) is 3. The van der Waals surface area contributed by atoms with Gasteiger partial charge in [-0.05, 0) is 31.0 Å². The third kappa shape index (κ3) is 2.16. The lowest BCUT2D eigenvalue weighted by atomic mass is 10.0. The molecule has 2 aliphatic rings. The topological polar surface area (TPSA) is 54.6 Å². The molecule has 0 radical (unpaired) electrons. The van der Waals surface area contributed by atoms with Gasteiger partial charge < -0.3 is 19.4 Å². The number of methoxy groups -OCH3 is 1. The Morgan fingerprint density at radius 3 is 3.14 bits per heavy atom. The second-order valence-electron chi connectivity index (χ2n) is 6.01. The molecule has 1 N–H and O–H groups in total. The highest BCUT2D eigenvalue weighted by Crippen LogP contribution is 2.31. The minimum absolute atomic E-state index is 0.139. The average molecular weight is 300 g/mol. The highest BCUT2D eigenvalue weighted by atomic mass is 16.5. The highest BCUT2D eigenvalue weighted by Gasteiger charge is 2.31. The molecule has 4 rings (SSSR count). The lowest BCUT2D eigenvalue weighted by Crippen LogP contribution is -2.41. The van der Waals surface area contributed by atoms with Gasteiger partial charge in [0.2, 0.25) is 0 Å². The van der Waals surface area contributed by atoms with Crippen LogP contribution >= 0.6 is 0 Å². The first-order valence-corrected chi connectivity index (χ1v) is 7.84. The van der Waals surface area contributed by atoms with Crippen molar-refractivity contribution in [1.29, 1.82) is 0 Å². The molecule has 0 saturated carbocycles. The number of aromatic amines is 1. The van der Waals surface area contributed by atoms with Gasteiger partial charge in [0, 0.05) is 48.3 Å². The van der Waals surface area contributed by atoms with Crippen molar-refractivity contribution < 1.29 is 14.3 Å². The van der Waals surface area contributed by atoms with Crippen molar-refractivity contribution in [2.45, 2.75) is 31.9 Å². The number of H-pyrrole nitrogens is 1. The van der Waals surface area contributed by atoms with Crippen LogP contribution in [0.15, 0.2) is 18.2 Å². The smallest absolute Gasteiger partial charge is 0.252 e. The number of carbonyl (C=O) groups is 1. The Bertz CT molecular complexity index is 716. The van der Waals surface area contributed by atoms with Gasteiger partial charge >= 0.3 is 0 Å². The van der Waals surface area contributed by atoms with Crippen molar-refractivity contribution in [1.82, 2.24) is 9.88 Å². The van der Waals surface area contributed by atoms with Gasteiger partial charge in [-0.25, -0.2) is 0 Å². The quantitative estimate of drug-likeness (QED) is 0.925. The van der Waals surface area contributed by atoms with Crippen molar-refractivity contribution in [2.75, 3.05) is 20.3 Å². The minimum Gasteiger partial charge on any atom is -0.497 e. The first kappa shape index (κ1) is 13.6. The summed E-state index contributed by atoms with van der Waals surface area (Å²) in [6.45, 7) is 2.12. The van der Waals surface area contributed by atoms with E-state index in [-0.39, 0.29) is 12.0 Å². The van der Waals surface area contributed by atoms with Gasteiger partial charge in [0.1, 0.15) is 11.9 Å². The normalized spacial score (nSPS) is 21.1. The molecule has 0 bridgehead atoms. The molecule has 0 aliphatic carbocycles. The van der Waals surface area contributed by atoms with Gasteiger partial charge in [-0.15, -0.1) is 0 Å². The first-order chi connectivity index (χ1) is 10.8. The maximum atomic E-state index is 12.6. The SMILES string of the molecule is COc1ccc2[nH]c3c(c2c1)CN(C(=O)[C@H]1CCCO1)CC3. The summed E-state index contributed by atoms with van der Waals surface area (Å²) in [6, 6.07) is 6.04. The van der Waals surface area contributed by atoms with Crippen LogP contribution in [-0.2, 0) is 22.5 Å². The molecule has 1 saturated heterocycles. The molecule has 0 spiro atoms. The molecule has 2 aliphatic heterocycles. The number of fused-ring (bicyclic) bond motifs is 3. The molecular weight excluding hydrogens is 280 g/mol. The maximum absolute atomic E-state index is 12.6. The van der Waals surface area contributed by atoms with E-state index in [0.717, 1.165) is 42.5 Å². The number of hydrogen-bond donors (Lipinski definition) is 1. The van der Waals surface area contributed by atoms with E-state index in [0.29, 0.717) is 13.2 Å². The van der Waals surface area contributed by atoms with Crippen LogP contribution in [0.4, 0.5) is 0 Å². The Morgan fingerprint density at radius 2 is 2.36 bits per heavy atom. The third-order valence-corrected chi connectivity index (χ3v) is 4.70. The second-order valence-corrected chi connectivity index (χ2v) is 6.01. The van der Waals surface area contributed by atoms with Crippen LogP contribution in [0.5, 0.6) is 5.75 Å². The van der Waals surface area contributed by atoms with Gasteiger partial charge in [-0.2, -0.15) is 0 Å². The molecule has 1 aromatic heterocycles. The van der Waals surface area contributed by atoms with Crippen molar-refractivity contribution in [3.05, 3.63) is 29.5 Å². The summed E-state index contributed by atoms with van der Waals surface area (Å²) in [6.07, 6.45) is 2.47. The van der Waals surface area contributed by atoms with E-state index in [1.807, 2.05) is 23.1 Å². The summed E-state index contributed by atoms with van der Waals surface area (Å²) in [5.41, 5.74) is 3.56. The van der Waals surface area contributed by atoms with Crippen molar-refractivity contribution in [3.8, 4) is 5.75 Å². The summed E-state index contributed by atoms with van der Waals surface area (Å²) in [5, 5.41) is 1.15. The van der Waals surface area contributed by atoms with E-state index < -0.39 is 0 Å². The van der Waals surface area contributed by atoms with Gasteiger partial charge in [0.15, 0.2) is 0 Å². The van der Waals surface area contributed by atoms with E-state index in [4.69, 9.17) is 9.47 Å². The largest absolute Gasteiger partial charge is 0.497 e. The molecule has 5 heteroatoms. The fraction of sp³-hybridized carbons (Fsp3) is 0.471. The molecule has 5 nitrogen and oxygen atoms in total. The van der Waals surface area contributed by atoms with Crippen molar-refractivity contribution in [3.63, 3.8) is 0 Å². The van der Waals surface area contributed by atoms with Crippen LogP contribution in [0, 0.1) is 0 Å². The molecule has 2 aromatic rings. The van der Waals surface area contributed by atoms with E-state index in [2.05, 4.69) is 4.98 Å². The van der Waals surface area contributed by atoms with Crippen LogP contribution in [0.1, 0.15) is 24.1 Å². The number of aromatic nitrogens is 1. The fourth-order valence-electron chi connectivity index (χ4n) is 3.48. The van der Waals surface area contributed by atoms with Gasteiger partial charge in [-0.3, -0.25) is 4.79 Å². The standard InChI is InChI=1S/C17H20N2O3/c1-21-11-4-5-14-12(9-11)13-10-19(7-6-15(13)18-14)17(20)16-3-2-8-22-16/h4-5,9,16,18H,2-3,6-8,10H2,1H3/t16-/m1/s1. The fourth-order valence-corrected chi connectivity index (χ4v) is 3.48. The van der Waals surface area contributed by atoms with Crippen LogP contribution in [0.2, 0.25) is 0 Å². The molecule has 1 aromatic carbocycles. The number of nitrogens with one attached hydrogen (secondary N) is 1. The monoisotopic (exact) mass is 300 g/mol. The number of nitrogens with zero attached hydrogens (tertiary/aromatic N) is 1. The number of rotatable bonds is 2.